The van der Waals surface area contributed by atoms with E-state index in [1.165, 1.54) is 6.42 Å². The average molecular weight is 290 g/mol. The second-order valence-electron chi connectivity index (χ2n) is 7.02. The van der Waals surface area contributed by atoms with Gasteiger partial charge in [-0.2, -0.15) is 0 Å². The second kappa shape index (κ2) is 6.02. The number of anilines is 1. The van der Waals surface area contributed by atoms with Crippen LogP contribution in [0.2, 0.25) is 0 Å². The number of nitrogens with one attached hydrogen (secondary N) is 1. The zero-order chi connectivity index (χ0) is 15.6. The number of hydrazine groups is 1. The Kier molecular flexibility index (Phi) is 4.52. The number of hydrogen-bond donors (Lipinski definition) is 2. The molecule has 5 nitrogen and oxygen atoms in total. The van der Waals surface area contributed by atoms with E-state index < -0.39 is 0 Å². The SMILES string of the molecule is CC1CCCN(C(=O)c2cc(NN)nc(C(C)(C)C)c2)C1. The van der Waals surface area contributed by atoms with Crippen LogP contribution in [0.4, 0.5) is 5.82 Å². The van der Waals surface area contributed by atoms with Gasteiger partial charge >= 0.3 is 0 Å². The number of piperidine rings is 1. The molecule has 0 aromatic carbocycles. The second-order valence-corrected chi connectivity index (χ2v) is 7.02. The van der Waals surface area contributed by atoms with Gasteiger partial charge < -0.3 is 10.3 Å². The van der Waals surface area contributed by atoms with Gasteiger partial charge in [0.1, 0.15) is 5.82 Å². The molecule has 1 unspecified atom stereocenters. The smallest absolute Gasteiger partial charge is 0.254 e. The Morgan fingerprint density at radius 2 is 2.14 bits per heavy atom. The summed E-state index contributed by atoms with van der Waals surface area (Å²) < 4.78 is 0. The Labute approximate surface area is 126 Å². The first kappa shape index (κ1) is 15.8. The van der Waals surface area contributed by atoms with Gasteiger partial charge in [-0.05, 0) is 30.9 Å². The van der Waals surface area contributed by atoms with E-state index in [0.29, 0.717) is 17.3 Å². The Balaban J connectivity index is 2.31. The standard InChI is InChI=1S/C16H26N4O/c1-11-6-5-7-20(10-11)15(21)12-8-13(16(2,3)4)18-14(9-12)19-17/h8-9,11H,5-7,10,17H2,1-4H3,(H,18,19). The molecule has 0 aliphatic carbocycles. The van der Waals surface area contributed by atoms with Crippen LogP contribution < -0.4 is 11.3 Å². The van der Waals surface area contributed by atoms with Gasteiger partial charge in [0.25, 0.3) is 5.91 Å². The molecule has 2 rings (SSSR count). The third-order valence-corrected chi connectivity index (χ3v) is 3.93. The number of nitrogens with zero attached hydrogens (tertiary/aromatic N) is 2. The number of carbonyl (C=O) groups excluding carboxylic acids is 1. The number of hydrogen-bond acceptors (Lipinski definition) is 4. The number of nitrogen functional groups attached to an aromatic ring is 1. The summed E-state index contributed by atoms with van der Waals surface area (Å²) in [5, 5.41) is 0. The van der Waals surface area contributed by atoms with Gasteiger partial charge in [0.05, 0.1) is 0 Å². The number of nitrogens with two attached hydrogens (primary N) is 1. The molecule has 116 valence electrons. The van der Waals surface area contributed by atoms with E-state index >= 15 is 0 Å². The summed E-state index contributed by atoms with van der Waals surface area (Å²) in [6.45, 7) is 10.1. The molecule has 1 aromatic heterocycles. The maximum Gasteiger partial charge on any atom is 0.254 e. The van der Waals surface area contributed by atoms with Crippen LogP contribution in [0.25, 0.3) is 0 Å². The van der Waals surface area contributed by atoms with Crippen molar-refractivity contribution in [2.45, 2.75) is 46.0 Å². The van der Waals surface area contributed by atoms with E-state index in [1.807, 2.05) is 11.0 Å². The number of carbonyl (C=O) groups is 1. The fourth-order valence-corrected chi connectivity index (χ4v) is 2.67. The van der Waals surface area contributed by atoms with Gasteiger partial charge in [-0.25, -0.2) is 10.8 Å². The summed E-state index contributed by atoms with van der Waals surface area (Å²) in [5.74, 6) is 6.68. The largest absolute Gasteiger partial charge is 0.338 e. The third-order valence-electron chi connectivity index (χ3n) is 3.93. The Hall–Kier alpha value is -1.62. The molecule has 5 heteroatoms. The summed E-state index contributed by atoms with van der Waals surface area (Å²) in [5.41, 5.74) is 3.97. The quantitative estimate of drug-likeness (QED) is 0.648. The Morgan fingerprint density at radius 3 is 2.71 bits per heavy atom. The molecule has 0 bridgehead atoms. The molecule has 1 saturated heterocycles. The average Bonchev–Trinajstić information content (AvgIpc) is 2.45. The first-order chi connectivity index (χ1) is 9.81. The highest BCUT2D eigenvalue weighted by Gasteiger charge is 2.24. The summed E-state index contributed by atoms with van der Waals surface area (Å²) in [7, 11) is 0. The Morgan fingerprint density at radius 1 is 1.43 bits per heavy atom. The summed E-state index contributed by atoms with van der Waals surface area (Å²) >= 11 is 0. The van der Waals surface area contributed by atoms with E-state index in [4.69, 9.17) is 5.84 Å². The van der Waals surface area contributed by atoms with E-state index in [-0.39, 0.29) is 11.3 Å². The fraction of sp³-hybridized carbons (Fsp3) is 0.625. The van der Waals surface area contributed by atoms with Crippen molar-refractivity contribution in [3.63, 3.8) is 0 Å². The maximum absolute atomic E-state index is 12.7. The van der Waals surface area contributed by atoms with Gasteiger partial charge in [-0.3, -0.25) is 4.79 Å². The lowest BCUT2D eigenvalue weighted by Crippen LogP contribution is -2.39. The molecule has 1 amide bonds. The minimum atomic E-state index is -0.128. The minimum Gasteiger partial charge on any atom is -0.338 e. The Bertz CT molecular complexity index is 521. The molecule has 1 fully saturated rings. The van der Waals surface area contributed by atoms with Crippen molar-refractivity contribution < 1.29 is 4.79 Å². The van der Waals surface area contributed by atoms with Crippen LogP contribution in [0, 0.1) is 5.92 Å². The highest BCUT2D eigenvalue weighted by Crippen LogP contribution is 2.25. The van der Waals surface area contributed by atoms with Gasteiger partial charge in [-0.15, -0.1) is 0 Å². The van der Waals surface area contributed by atoms with Crippen LogP contribution in [-0.2, 0) is 5.41 Å². The molecule has 1 aromatic rings. The van der Waals surface area contributed by atoms with Crippen molar-refractivity contribution >= 4 is 11.7 Å². The number of aromatic nitrogens is 1. The molecule has 0 saturated carbocycles. The first-order valence-electron chi connectivity index (χ1n) is 7.59. The van der Waals surface area contributed by atoms with Crippen LogP contribution in [0.1, 0.15) is 56.6 Å². The van der Waals surface area contributed by atoms with Crippen molar-refractivity contribution in [1.29, 1.82) is 0 Å². The fourth-order valence-electron chi connectivity index (χ4n) is 2.67. The van der Waals surface area contributed by atoms with E-state index in [9.17, 15) is 4.79 Å². The monoisotopic (exact) mass is 290 g/mol. The van der Waals surface area contributed by atoms with Crippen LogP contribution >= 0.6 is 0 Å². The van der Waals surface area contributed by atoms with Gasteiger partial charge in [0.2, 0.25) is 0 Å². The van der Waals surface area contributed by atoms with E-state index in [1.54, 1.807) is 6.07 Å². The molecule has 21 heavy (non-hydrogen) atoms. The van der Waals surface area contributed by atoms with Crippen molar-refractivity contribution in [2.24, 2.45) is 11.8 Å². The highest BCUT2D eigenvalue weighted by atomic mass is 16.2. The zero-order valence-corrected chi connectivity index (χ0v) is 13.4. The molecular formula is C16H26N4O. The molecule has 0 spiro atoms. The van der Waals surface area contributed by atoms with Gasteiger partial charge in [0.15, 0.2) is 0 Å². The van der Waals surface area contributed by atoms with Crippen LogP contribution in [0.3, 0.4) is 0 Å². The molecule has 0 radical (unpaired) electrons. The van der Waals surface area contributed by atoms with Gasteiger partial charge in [-0.1, -0.05) is 27.7 Å². The summed E-state index contributed by atoms with van der Waals surface area (Å²) in [6, 6.07) is 3.62. The van der Waals surface area contributed by atoms with E-state index in [0.717, 1.165) is 25.2 Å². The summed E-state index contributed by atoms with van der Waals surface area (Å²) in [6.07, 6.45) is 2.27. The molecule has 1 aliphatic heterocycles. The molecule has 1 atom stereocenters. The van der Waals surface area contributed by atoms with Crippen LogP contribution in [0.5, 0.6) is 0 Å². The van der Waals surface area contributed by atoms with Crippen molar-refractivity contribution in [1.82, 2.24) is 9.88 Å². The first-order valence-corrected chi connectivity index (χ1v) is 7.59. The van der Waals surface area contributed by atoms with Crippen molar-refractivity contribution in [3.05, 3.63) is 23.4 Å². The lowest BCUT2D eigenvalue weighted by molar-refractivity contribution is 0.0683. The number of rotatable bonds is 2. The van der Waals surface area contributed by atoms with Crippen LogP contribution in [0.15, 0.2) is 12.1 Å². The maximum atomic E-state index is 12.7. The van der Waals surface area contributed by atoms with Crippen LogP contribution in [-0.4, -0.2) is 28.9 Å². The number of amides is 1. The number of pyridine rings is 1. The molecule has 1 aliphatic rings. The predicted molar refractivity (Wildman–Crippen MR) is 85.0 cm³/mol. The minimum absolute atomic E-state index is 0.0750. The lowest BCUT2D eigenvalue weighted by atomic mass is 9.90. The third kappa shape index (κ3) is 3.73. The predicted octanol–water partition coefficient (Wildman–Crippen LogP) is 2.54. The zero-order valence-electron chi connectivity index (χ0n) is 13.4. The topological polar surface area (TPSA) is 71.2 Å². The number of likely N-dealkylation sites (tertiary alicyclic amines) is 1. The van der Waals surface area contributed by atoms with Crippen molar-refractivity contribution in [2.75, 3.05) is 18.5 Å². The lowest BCUT2D eigenvalue weighted by Gasteiger charge is -2.31. The molecule has 3 N–H and O–H groups in total. The molecule has 2 heterocycles. The van der Waals surface area contributed by atoms with Crippen molar-refractivity contribution in [3.8, 4) is 0 Å². The normalized spacial score (nSPS) is 19.5. The molecular weight excluding hydrogens is 264 g/mol. The summed E-state index contributed by atoms with van der Waals surface area (Å²) in [4.78, 5) is 19.1. The van der Waals surface area contributed by atoms with Gasteiger partial charge in [0, 0.05) is 29.8 Å². The van der Waals surface area contributed by atoms with E-state index in [2.05, 4.69) is 38.1 Å². The highest BCUT2D eigenvalue weighted by molar-refractivity contribution is 5.95.